The minimum atomic E-state index is -0.210. The Labute approximate surface area is 121 Å². The number of hydrazine groups is 1. The average Bonchev–Trinajstić information content (AvgIpc) is 2.50. The Balaban J connectivity index is 2.20. The van der Waals surface area contributed by atoms with Gasteiger partial charge in [-0.25, -0.2) is 5.43 Å². The van der Waals surface area contributed by atoms with Gasteiger partial charge in [-0.15, -0.1) is 0 Å². The van der Waals surface area contributed by atoms with Crippen molar-refractivity contribution in [2.45, 2.75) is 6.04 Å². The maximum atomic E-state index is 6.23. The molecule has 0 aliphatic carbocycles. The molecule has 2 heterocycles. The first-order valence-corrected chi connectivity index (χ1v) is 6.58. The van der Waals surface area contributed by atoms with E-state index in [9.17, 15) is 0 Å². The van der Waals surface area contributed by atoms with Crippen LogP contribution in [-0.4, -0.2) is 9.97 Å². The van der Waals surface area contributed by atoms with E-state index in [2.05, 4.69) is 15.4 Å². The highest BCUT2D eigenvalue weighted by molar-refractivity contribution is 6.31. The van der Waals surface area contributed by atoms with Gasteiger partial charge in [0.2, 0.25) is 0 Å². The van der Waals surface area contributed by atoms with Crippen molar-refractivity contribution in [2.24, 2.45) is 5.84 Å². The first kappa shape index (κ1) is 13.0. The molecule has 4 nitrogen and oxygen atoms in total. The Morgan fingerprint density at radius 1 is 1.05 bits per heavy atom. The van der Waals surface area contributed by atoms with E-state index in [1.54, 1.807) is 18.6 Å². The molecule has 2 aromatic heterocycles. The number of fused-ring (bicyclic) bond motifs is 1. The van der Waals surface area contributed by atoms with Crippen molar-refractivity contribution in [3.8, 4) is 0 Å². The van der Waals surface area contributed by atoms with Gasteiger partial charge < -0.3 is 0 Å². The molecule has 0 aliphatic rings. The van der Waals surface area contributed by atoms with E-state index in [0.29, 0.717) is 5.02 Å². The molecule has 0 amide bonds. The monoisotopic (exact) mass is 284 g/mol. The number of benzene rings is 1. The van der Waals surface area contributed by atoms with Gasteiger partial charge in [-0.1, -0.05) is 29.8 Å². The van der Waals surface area contributed by atoms with E-state index >= 15 is 0 Å². The Morgan fingerprint density at radius 3 is 2.75 bits per heavy atom. The van der Waals surface area contributed by atoms with Gasteiger partial charge >= 0.3 is 0 Å². The SMILES string of the molecule is NNC(c1ccncc1Cl)c1cccc2ncccc12. The minimum absolute atomic E-state index is 0.210. The lowest BCUT2D eigenvalue weighted by molar-refractivity contribution is 0.640. The molecule has 0 aliphatic heterocycles. The fourth-order valence-electron chi connectivity index (χ4n) is 2.35. The van der Waals surface area contributed by atoms with Crippen molar-refractivity contribution in [3.05, 3.63) is 71.1 Å². The van der Waals surface area contributed by atoms with E-state index in [-0.39, 0.29) is 6.04 Å². The summed E-state index contributed by atoms with van der Waals surface area (Å²) in [4.78, 5) is 8.37. The Kier molecular flexibility index (Phi) is 3.60. The van der Waals surface area contributed by atoms with Crippen LogP contribution in [0, 0.1) is 0 Å². The number of halogens is 1. The van der Waals surface area contributed by atoms with Crippen LogP contribution in [-0.2, 0) is 0 Å². The van der Waals surface area contributed by atoms with Crippen LogP contribution < -0.4 is 11.3 Å². The first-order valence-electron chi connectivity index (χ1n) is 6.20. The molecule has 1 aromatic carbocycles. The van der Waals surface area contributed by atoms with Crippen molar-refractivity contribution >= 4 is 22.5 Å². The van der Waals surface area contributed by atoms with Crippen LogP contribution in [0.2, 0.25) is 5.02 Å². The smallest absolute Gasteiger partial charge is 0.0732 e. The van der Waals surface area contributed by atoms with Crippen molar-refractivity contribution in [3.63, 3.8) is 0 Å². The van der Waals surface area contributed by atoms with Crippen LogP contribution in [0.5, 0.6) is 0 Å². The summed E-state index contributed by atoms with van der Waals surface area (Å²) in [6, 6.07) is 11.5. The summed E-state index contributed by atoms with van der Waals surface area (Å²) in [5.74, 6) is 5.75. The summed E-state index contributed by atoms with van der Waals surface area (Å²) in [5.41, 5.74) is 5.68. The second-order valence-electron chi connectivity index (χ2n) is 4.41. The normalized spacial score (nSPS) is 12.5. The summed E-state index contributed by atoms with van der Waals surface area (Å²) in [7, 11) is 0. The van der Waals surface area contributed by atoms with E-state index in [1.165, 1.54) is 0 Å². The molecular formula is C15H13ClN4. The third-order valence-corrected chi connectivity index (χ3v) is 3.59. The first-order chi connectivity index (χ1) is 9.81. The van der Waals surface area contributed by atoms with E-state index < -0.39 is 0 Å². The number of hydrogen-bond acceptors (Lipinski definition) is 4. The zero-order valence-corrected chi connectivity index (χ0v) is 11.4. The molecule has 3 aromatic rings. The van der Waals surface area contributed by atoms with Gasteiger partial charge in [0.25, 0.3) is 0 Å². The Bertz CT molecular complexity index is 739. The maximum absolute atomic E-state index is 6.23. The number of hydrogen-bond donors (Lipinski definition) is 2. The molecule has 100 valence electrons. The van der Waals surface area contributed by atoms with Gasteiger partial charge in [0.05, 0.1) is 16.6 Å². The molecule has 1 unspecified atom stereocenters. The summed E-state index contributed by atoms with van der Waals surface area (Å²) in [6.07, 6.45) is 5.09. The lowest BCUT2D eigenvalue weighted by Gasteiger charge is -2.19. The Morgan fingerprint density at radius 2 is 1.95 bits per heavy atom. The Hall–Kier alpha value is -2.01. The van der Waals surface area contributed by atoms with Gasteiger partial charge in [0, 0.05) is 24.0 Å². The van der Waals surface area contributed by atoms with Crippen molar-refractivity contribution in [1.82, 2.24) is 15.4 Å². The van der Waals surface area contributed by atoms with E-state index in [1.807, 2.05) is 36.4 Å². The molecule has 0 saturated carbocycles. The molecule has 1 atom stereocenters. The summed E-state index contributed by atoms with van der Waals surface area (Å²) in [5, 5.41) is 1.63. The van der Waals surface area contributed by atoms with Gasteiger partial charge in [0.15, 0.2) is 0 Å². The fourth-order valence-corrected chi connectivity index (χ4v) is 2.57. The highest BCUT2D eigenvalue weighted by atomic mass is 35.5. The van der Waals surface area contributed by atoms with E-state index in [0.717, 1.165) is 22.0 Å². The zero-order valence-electron chi connectivity index (χ0n) is 10.6. The van der Waals surface area contributed by atoms with Gasteiger partial charge in [0.1, 0.15) is 0 Å². The third-order valence-electron chi connectivity index (χ3n) is 3.27. The van der Waals surface area contributed by atoms with Crippen LogP contribution in [0.3, 0.4) is 0 Å². The topological polar surface area (TPSA) is 63.8 Å². The zero-order chi connectivity index (χ0) is 13.9. The largest absolute Gasteiger partial charge is 0.271 e. The standard InChI is InChI=1S/C15H13ClN4/c16-13-9-18-8-6-12(13)15(20-17)11-3-1-5-14-10(11)4-2-7-19-14/h1-9,15,20H,17H2. The average molecular weight is 285 g/mol. The number of nitrogens with two attached hydrogens (primary N) is 1. The van der Waals surface area contributed by atoms with Crippen molar-refractivity contribution in [2.75, 3.05) is 0 Å². The van der Waals surface area contributed by atoms with Crippen molar-refractivity contribution < 1.29 is 0 Å². The molecule has 3 N–H and O–H groups in total. The molecule has 0 radical (unpaired) electrons. The molecule has 20 heavy (non-hydrogen) atoms. The molecular weight excluding hydrogens is 272 g/mol. The quantitative estimate of drug-likeness (QED) is 0.573. The molecule has 0 fully saturated rings. The lowest BCUT2D eigenvalue weighted by Crippen LogP contribution is -2.29. The predicted molar refractivity (Wildman–Crippen MR) is 80.2 cm³/mol. The molecule has 5 heteroatoms. The fraction of sp³-hybridized carbons (Fsp3) is 0.0667. The van der Waals surface area contributed by atoms with Crippen LogP contribution in [0.1, 0.15) is 17.2 Å². The van der Waals surface area contributed by atoms with Crippen LogP contribution in [0.4, 0.5) is 0 Å². The number of rotatable bonds is 3. The van der Waals surface area contributed by atoms with Gasteiger partial charge in [-0.3, -0.25) is 15.8 Å². The van der Waals surface area contributed by atoms with Crippen LogP contribution in [0.15, 0.2) is 55.0 Å². The van der Waals surface area contributed by atoms with Crippen molar-refractivity contribution in [1.29, 1.82) is 0 Å². The molecule has 3 rings (SSSR count). The molecule has 0 saturated heterocycles. The third kappa shape index (κ3) is 2.25. The summed E-state index contributed by atoms with van der Waals surface area (Å²) in [6.45, 7) is 0. The second-order valence-corrected chi connectivity index (χ2v) is 4.82. The molecule has 0 spiro atoms. The highest BCUT2D eigenvalue weighted by Gasteiger charge is 2.17. The number of pyridine rings is 2. The van der Waals surface area contributed by atoms with E-state index in [4.69, 9.17) is 17.4 Å². The number of aromatic nitrogens is 2. The summed E-state index contributed by atoms with van der Waals surface area (Å²) < 4.78 is 0. The van der Waals surface area contributed by atoms with Crippen LogP contribution in [0.25, 0.3) is 10.9 Å². The summed E-state index contributed by atoms with van der Waals surface area (Å²) >= 11 is 6.23. The highest BCUT2D eigenvalue weighted by Crippen LogP contribution is 2.30. The second kappa shape index (κ2) is 5.54. The lowest BCUT2D eigenvalue weighted by atomic mass is 9.96. The number of nitrogens with zero attached hydrogens (tertiary/aromatic N) is 2. The predicted octanol–water partition coefficient (Wildman–Crippen LogP) is 2.84. The maximum Gasteiger partial charge on any atom is 0.0732 e. The van der Waals surface area contributed by atoms with Crippen LogP contribution >= 0.6 is 11.6 Å². The minimum Gasteiger partial charge on any atom is -0.271 e. The van der Waals surface area contributed by atoms with Gasteiger partial charge in [-0.2, -0.15) is 0 Å². The number of nitrogens with one attached hydrogen (secondary N) is 1. The van der Waals surface area contributed by atoms with Gasteiger partial charge in [-0.05, 0) is 29.3 Å². The molecule has 0 bridgehead atoms.